The Bertz CT molecular complexity index is 479. The summed E-state index contributed by atoms with van der Waals surface area (Å²) in [6.07, 6.45) is 2.27. The molecule has 0 aliphatic heterocycles. The molecule has 0 radical (unpaired) electrons. The minimum absolute atomic E-state index is 0.000396. The van der Waals surface area contributed by atoms with Crippen molar-refractivity contribution < 1.29 is 19.2 Å². The quantitative estimate of drug-likeness (QED) is 0.797. The predicted octanol–water partition coefficient (Wildman–Crippen LogP) is 2.38. The van der Waals surface area contributed by atoms with Gasteiger partial charge in [-0.1, -0.05) is 13.8 Å². The molecule has 0 N–H and O–H groups in total. The van der Waals surface area contributed by atoms with Crippen LogP contribution < -0.4 is 0 Å². The van der Waals surface area contributed by atoms with Gasteiger partial charge in [0.2, 0.25) is 0 Å². The summed E-state index contributed by atoms with van der Waals surface area (Å²) in [5, 5.41) is 0. The third kappa shape index (κ3) is 3.30. The standard InChI is InChI=1S/C17H24O4/c1-9-6-12-7-13(15(19)5-4-10(2)18)11(3)17(21)14(12)8-16(9)20/h9,11-14H,4-8H2,1-3H3. The molecule has 0 aromatic carbocycles. The van der Waals surface area contributed by atoms with Crippen molar-refractivity contribution in [3.05, 3.63) is 0 Å². The molecule has 116 valence electrons. The van der Waals surface area contributed by atoms with E-state index in [0.717, 1.165) is 6.42 Å². The van der Waals surface area contributed by atoms with Crippen molar-refractivity contribution in [2.24, 2.45) is 29.6 Å². The summed E-state index contributed by atoms with van der Waals surface area (Å²) >= 11 is 0. The van der Waals surface area contributed by atoms with Crippen LogP contribution in [0.15, 0.2) is 0 Å². The lowest BCUT2D eigenvalue weighted by Gasteiger charge is -2.42. The molecule has 4 nitrogen and oxygen atoms in total. The average Bonchev–Trinajstić information content (AvgIpc) is 2.42. The van der Waals surface area contributed by atoms with Crippen LogP contribution in [-0.4, -0.2) is 23.1 Å². The van der Waals surface area contributed by atoms with E-state index in [2.05, 4.69) is 0 Å². The van der Waals surface area contributed by atoms with Gasteiger partial charge in [-0.15, -0.1) is 0 Å². The van der Waals surface area contributed by atoms with E-state index in [1.807, 2.05) is 6.92 Å². The van der Waals surface area contributed by atoms with Crippen molar-refractivity contribution in [3.8, 4) is 0 Å². The zero-order valence-corrected chi connectivity index (χ0v) is 13.1. The zero-order chi connectivity index (χ0) is 15.7. The molecule has 2 aliphatic carbocycles. The fourth-order valence-electron chi connectivity index (χ4n) is 3.89. The van der Waals surface area contributed by atoms with Crippen molar-refractivity contribution in [1.29, 1.82) is 0 Å². The number of hydrogen-bond donors (Lipinski definition) is 0. The van der Waals surface area contributed by atoms with Crippen molar-refractivity contribution in [1.82, 2.24) is 0 Å². The molecule has 0 heterocycles. The number of Topliss-reactive ketones (excluding diaryl/α,β-unsaturated/α-hetero) is 4. The molecule has 0 saturated heterocycles. The van der Waals surface area contributed by atoms with Crippen molar-refractivity contribution >= 4 is 23.1 Å². The van der Waals surface area contributed by atoms with Gasteiger partial charge in [0.05, 0.1) is 0 Å². The molecule has 21 heavy (non-hydrogen) atoms. The molecule has 2 rings (SSSR count). The van der Waals surface area contributed by atoms with Crippen LogP contribution in [0, 0.1) is 29.6 Å². The Morgan fingerprint density at radius 1 is 1.10 bits per heavy atom. The van der Waals surface area contributed by atoms with E-state index in [1.54, 1.807) is 6.92 Å². The van der Waals surface area contributed by atoms with Crippen molar-refractivity contribution in [2.75, 3.05) is 0 Å². The third-order valence-corrected chi connectivity index (χ3v) is 5.31. The van der Waals surface area contributed by atoms with E-state index in [1.165, 1.54) is 6.92 Å². The van der Waals surface area contributed by atoms with Crippen LogP contribution in [0.2, 0.25) is 0 Å². The van der Waals surface area contributed by atoms with Crippen LogP contribution in [0.25, 0.3) is 0 Å². The molecule has 0 aromatic heterocycles. The summed E-state index contributed by atoms with van der Waals surface area (Å²) in [5.74, 6) is -0.299. The van der Waals surface area contributed by atoms with E-state index in [-0.39, 0.29) is 65.6 Å². The van der Waals surface area contributed by atoms with Gasteiger partial charge in [0.15, 0.2) is 0 Å². The average molecular weight is 292 g/mol. The fraction of sp³-hybridized carbons (Fsp3) is 0.765. The first-order valence-electron chi connectivity index (χ1n) is 7.89. The number of carbonyl (C=O) groups is 4. The normalized spacial score (nSPS) is 36.2. The minimum atomic E-state index is -0.313. The van der Waals surface area contributed by atoms with Gasteiger partial charge >= 0.3 is 0 Å². The summed E-state index contributed by atoms with van der Waals surface area (Å²) in [6.45, 7) is 5.19. The highest BCUT2D eigenvalue weighted by Gasteiger charge is 2.47. The molecule has 0 amide bonds. The van der Waals surface area contributed by atoms with Gasteiger partial charge in [0.25, 0.3) is 0 Å². The highest BCUT2D eigenvalue weighted by molar-refractivity contribution is 5.96. The van der Waals surface area contributed by atoms with Crippen LogP contribution in [0.3, 0.4) is 0 Å². The molecule has 2 saturated carbocycles. The Kier molecular flexibility index (Phi) is 4.74. The predicted molar refractivity (Wildman–Crippen MR) is 77.6 cm³/mol. The topological polar surface area (TPSA) is 68.3 Å². The highest BCUT2D eigenvalue weighted by Crippen LogP contribution is 2.44. The molecule has 4 heteroatoms. The summed E-state index contributed by atoms with van der Waals surface area (Å²) in [7, 11) is 0. The second-order valence-electron chi connectivity index (χ2n) is 6.88. The van der Waals surface area contributed by atoms with Crippen LogP contribution >= 0.6 is 0 Å². The van der Waals surface area contributed by atoms with Gasteiger partial charge < -0.3 is 4.79 Å². The number of hydrogen-bond acceptors (Lipinski definition) is 4. The minimum Gasteiger partial charge on any atom is -0.300 e. The number of rotatable bonds is 4. The van der Waals surface area contributed by atoms with Gasteiger partial charge in [0.1, 0.15) is 23.1 Å². The second kappa shape index (κ2) is 6.20. The Morgan fingerprint density at radius 3 is 2.38 bits per heavy atom. The number of carbonyl (C=O) groups excluding carboxylic acids is 4. The molecular weight excluding hydrogens is 268 g/mol. The molecular formula is C17H24O4. The van der Waals surface area contributed by atoms with E-state index >= 15 is 0 Å². The first-order valence-corrected chi connectivity index (χ1v) is 7.89. The Morgan fingerprint density at radius 2 is 1.76 bits per heavy atom. The van der Waals surface area contributed by atoms with E-state index in [4.69, 9.17) is 0 Å². The summed E-state index contributed by atoms with van der Waals surface area (Å²) in [4.78, 5) is 47.7. The molecule has 0 aromatic rings. The van der Waals surface area contributed by atoms with Gasteiger partial charge in [-0.05, 0) is 25.7 Å². The van der Waals surface area contributed by atoms with Crippen molar-refractivity contribution in [2.45, 2.75) is 52.9 Å². The maximum Gasteiger partial charge on any atom is 0.140 e. The molecule has 2 aliphatic rings. The third-order valence-electron chi connectivity index (χ3n) is 5.31. The summed E-state index contributed by atoms with van der Waals surface area (Å²) < 4.78 is 0. The van der Waals surface area contributed by atoms with E-state index < -0.39 is 0 Å². The van der Waals surface area contributed by atoms with Gasteiger partial charge in [-0.2, -0.15) is 0 Å². The molecule has 0 bridgehead atoms. The lowest BCUT2D eigenvalue weighted by molar-refractivity contribution is -0.146. The van der Waals surface area contributed by atoms with Crippen molar-refractivity contribution in [3.63, 3.8) is 0 Å². The number of ketones is 4. The summed E-state index contributed by atoms with van der Waals surface area (Å²) in [6, 6.07) is 0. The maximum absolute atomic E-state index is 12.5. The fourth-order valence-corrected chi connectivity index (χ4v) is 3.89. The van der Waals surface area contributed by atoms with E-state index in [9.17, 15) is 19.2 Å². The Hall–Kier alpha value is -1.32. The Balaban J connectivity index is 2.09. The van der Waals surface area contributed by atoms with Crippen LogP contribution in [0.1, 0.15) is 52.9 Å². The smallest absolute Gasteiger partial charge is 0.140 e. The first-order chi connectivity index (χ1) is 9.81. The summed E-state index contributed by atoms with van der Waals surface area (Å²) in [5.41, 5.74) is 0. The lowest BCUT2D eigenvalue weighted by Crippen LogP contribution is -2.46. The monoisotopic (exact) mass is 292 g/mol. The Labute approximate surface area is 125 Å². The van der Waals surface area contributed by atoms with Crippen LogP contribution in [0.5, 0.6) is 0 Å². The molecule has 0 spiro atoms. The lowest BCUT2D eigenvalue weighted by atomic mass is 9.60. The molecule has 5 atom stereocenters. The van der Waals surface area contributed by atoms with Crippen LogP contribution in [-0.2, 0) is 19.2 Å². The largest absolute Gasteiger partial charge is 0.300 e. The second-order valence-corrected chi connectivity index (χ2v) is 6.88. The maximum atomic E-state index is 12.5. The zero-order valence-electron chi connectivity index (χ0n) is 13.1. The molecule has 5 unspecified atom stereocenters. The molecule has 2 fully saturated rings. The van der Waals surface area contributed by atoms with E-state index in [0.29, 0.717) is 12.8 Å². The first kappa shape index (κ1) is 16.1. The van der Waals surface area contributed by atoms with Crippen LogP contribution in [0.4, 0.5) is 0 Å². The van der Waals surface area contributed by atoms with Gasteiger partial charge in [-0.25, -0.2) is 0 Å². The number of fused-ring (bicyclic) bond motifs is 1. The van der Waals surface area contributed by atoms with Gasteiger partial charge in [-0.3, -0.25) is 14.4 Å². The SMILES string of the molecule is CC(=O)CCC(=O)C1CC2CC(C)C(=O)CC2C(=O)C1C. The van der Waals surface area contributed by atoms with Gasteiger partial charge in [0, 0.05) is 42.9 Å². The highest BCUT2D eigenvalue weighted by atomic mass is 16.1.